The Morgan fingerprint density at radius 3 is 3.15 bits per heavy atom. The molecule has 5 heteroatoms. The third kappa shape index (κ3) is 2.37. The molecular weight excluding hydrogens is 186 g/mol. The van der Waals surface area contributed by atoms with Gasteiger partial charge in [-0.3, -0.25) is 9.79 Å². The summed E-state index contributed by atoms with van der Waals surface area (Å²) in [6.07, 6.45) is 1.66. The van der Waals surface area contributed by atoms with Crippen molar-refractivity contribution in [2.45, 2.75) is 18.9 Å². The van der Waals surface area contributed by atoms with Crippen LogP contribution in [0.3, 0.4) is 0 Å². The summed E-state index contributed by atoms with van der Waals surface area (Å²) in [6.45, 7) is 1.85. The van der Waals surface area contributed by atoms with Gasteiger partial charge in [0.1, 0.15) is 0 Å². The Morgan fingerprint density at radius 1 is 1.62 bits per heavy atom. The van der Waals surface area contributed by atoms with E-state index in [1.54, 1.807) is 11.8 Å². The van der Waals surface area contributed by atoms with E-state index in [0.717, 1.165) is 30.4 Å². The molecule has 1 saturated heterocycles. The van der Waals surface area contributed by atoms with Crippen molar-refractivity contribution >= 4 is 22.8 Å². The number of thioether (sulfide) groups is 1. The summed E-state index contributed by atoms with van der Waals surface area (Å²) in [7, 11) is 0. The number of aliphatic imine (C=N–C) groups is 1. The highest BCUT2D eigenvalue weighted by molar-refractivity contribution is 8.13. The van der Waals surface area contributed by atoms with E-state index in [1.165, 1.54) is 0 Å². The Morgan fingerprint density at radius 2 is 2.54 bits per heavy atom. The molecule has 1 atom stereocenters. The molecule has 2 aliphatic rings. The van der Waals surface area contributed by atoms with E-state index in [-0.39, 0.29) is 5.91 Å². The quantitative estimate of drug-likeness (QED) is 0.656. The number of nitrogens with zero attached hydrogens (tertiary/aromatic N) is 1. The van der Waals surface area contributed by atoms with Gasteiger partial charge in [0.25, 0.3) is 0 Å². The average molecular weight is 199 g/mol. The van der Waals surface area contributed by atoms with Crippen LogP contribution in [0, 0.1) is 0 Å². The largest absolute Gasteiger partial charge is 0.363 e. The van der Waals surface area contributed by atoms with Crippen LogP contribution >= 0.6 is 11.8 Å². The van der Waals surface area contributed by atoms with Crippen molar-refractivity contribution in [3.05, 3.63) is 0 Å². The topological polar surface area (TPSA) is 53.5 Å². The summed E-state index contributed by atoms with van der Waals surface area (Å²) in [5.41, 5.74) is 0. The molecule has 72 valence electrons. The maximum absolute atomic E-state index is 10.9. The average Bonchev–Trinajstić information content (AvgIpc) is 2.71. The monoisotopic (exact) mass is 199 g/mol. The highest BCUT2D eigenvalue weighted by atomic mass is 32.2. The molecule has 0 saturated carbocycles. The highest BCUT2D eigenvalue weighted by Crippen LogP contribution is 2.14. The predicted molar refractivity (Wildman–Crippen MR) is 53.9 cm³/mol. The lowest BCUT2D eigenvalue weighted by atomic mass is 10.2. The van der Waals surface area contributed by atoms with Gasteiger partial charge in [0.15, 0.2) is 5.17 Å². The molecule has 2 heterocycles. The number of amidine groups is 1. The number of hydrogen-bond acceptors (Lipinski definition) is 4. The molecule has 2 N–H and O–H groups in total. The molecule has 0 aromatic heterocycles. The summed E-state index contributed by atoms with van der Waals surface area (Å²) in [4.78, 5) is 15.2. The zero-order valence-corrected chi connectivity index (χ0v) is 8.19. The van der Waals surface area contributed by atoms with E-state index >= 15 is 0 Å². The number of nitrogens with one attached hydrogen (secondary N) is 2. The number of amides is 1. The van der Waals surface area contributed by atoms with Gasteiger partial charge in [-0.1, -0.05) is 11.8 Å². The molecule has 2 rings (SSSR count). The van der Waals surface area contributed by atoms with Gasteiger partial charge in [-0.25, -0.2) is 0 Å². The zero-order valence-electron chi connectivity index (χ0n) is 7.38. The summed E-state index contributed by atoms with van der Waals surface area (Å²) in [5.74, 6) is 1.13. The standard InChI is InChI=1S/C8H13N3OS/c12-7-2-1-6(11-7)5-13-8-9-3-4-10-8/h6H,1-5H2,(H,9,10)(H,11,12). The van der Waals surface area contributed by atoms with E-state index in [1.807, 2.05) is 0 Å². The van der Waals surface area contributed by atoms with Crippen LogP contribution in [0.25, 0.3) is 0 Å². The van der Waals surface area contributed by atoms with Gasteiger partial charge < -0.3 is 10.6 Å². The smallest absolute Gasteiger partial charge is 0.220 e. The molecule has 0 bridgehead atoms. The van der Waals surface area contributed by atoms with Crippen LogP contribution in [-0.4, -0.2) is 36.0 Å². The van der Waals surface area contributed by atoms with Gasteiger partial charge in [0.05, 0.1) is 6.54 Å². The zero-order chi connectivity index (χ0) is 9.10. The van der Waals surface area contributed by atoms with E-state index in [2.05, 4.69) is 15.6 Å². The first-order valence-electron chi connectivity index (χ1n) is 4.55. The molecular formula is C8H13N3OS. The maximum Gasteiger partial charge on any atom is 0.220 e. The van der Waals surface area contributed by atoms with Crippen LogP contribution in [0.15, 0.2) is 4.99 Å². The Labute approximate surface area is 81.6 Å². The highest BCUT2D eigenvalue weighted by Gasteiger charge is 2.21. The molecule has 1 unspecified atom stereocenters. The van der Waals surface area contributed by atoms with E-state index in [0.29, 0.717) is 12.5 Å². The Bertz CT molecular complexity index is 242. The van der Waals surface area contributed by atoms with E-state index in [9.17, 15) is 4.79 Å². The molecule has 1 fully saturated rings. The summed E-state index contributed by atoms with van der Waals surface area (Å²) < 4.78 is 0. The molecule has 0 aliphatic carbocycles. The lowest BCUT2D eigenvalue weighted by molar-refractivity contribution is -0.119. The lowest BCUT2D eigenvalue weighted by Gasteiger charge is -2.08. The lowest BCUT2D eigenvalue weighted by Crippen LogP contribution is -2.28. The molecule has 1 amide bonds. The van der Waals surface area contributed by atoms with Crippen molar-refractivity contribution in [1.29, 1.82) is 0 Å². The molecule has 2 aliphatic heterocycles. The molecule has 0 aromatic rings. The van der Waals surface area contributed by atoms with Gasteiger partial charge >= 0.3 is 0 Å². The number of rotatable bonds is 2. The van der Waals surface area contributed by atoms with Gasteiger partial charge in [-0.15, -0.1) is 0 Å². The summed E-state index contributed by atoms with van der Waals surface area (Å²) in [5, 5.41) is 7.16. The second kappa shape index (κ2) is 4.00. The van der Waals surface area contributed by atoms with Gasteiger partial charge in [0.2, 0.25) is 5.91 Å². The minimum absolute atomic E-state index is 0.187. The Balaban J connectivity index is 1.70. The first-order valence-corrected chi connectivity index (χ1v) is 5.53. The maximum atomic E-state index is 10.9. The van der Waals surface area contributed by atoms with Crippen LogP contribution in [-0.2, 0) is 4.79 Å². The van der Waals surface area contributed by atoms with Crippen LogP contribution in [0.2, 0.25) is 0 Å². The number of hydrogen-bond donors (Lipinski definition) is 2. The van der Waals surface area contributed by atoms with Crippen LogP contribution in [0.5, 0.6) is 0 Å². The molecule has 0 spiro atoms. The van der Waals surface area contributed by atoms with Crippen molar-refractivity contribution in [1.82, 2.24) is 10.6 Å². The fraction of sp³-hybridized carbons (Fsp3) is 0.750. The van der Waals surface area contributed by atoms with Crippen molar-refractivity contribution in [2.24, 2.45) is 4.99 Å². The fourth-order valence-corrected chi connectivity index (χ4v) is 2.45. The van der Waals surface area contributed by atoms with Crippen LogP contribution < -0.4 is 10.6 Å². The first kappa shape index (κ1) is 8.87. The van der Waals surface area contributed by atoms with Crippen molar-refractivity contribution in [3.8, 4) is 0 Å². The van der Waals surface area contributed by atoms with Crippen LogP contribution in [0.1, 0.15) is 12.8 Å². The van der Waals surface area contributed by atoms with Crippen molar-refractivity contribution < 1.29 is 4.79 Å². The molecule has 0 radical (unpaired) electrons. The number of carbonyl (C=O) groups is 1. The minimum atomic E-state index is 0.187. The van der Waals surface area contributed by atoms with Crippen LogP contribution in [0.4, 0.5) is 0 Å². The van der Waals surface area contributed by atoms with E-state index in [4.69, 9.17) is 0 Å². The molecule has 13 heavy (non-hydrogen) atoms. The minimum Gasteiger partial charge on any atom is -0.363 e. The third-order valence-electron chi connectivity index (χ3n) is 2.15. The normalized spacial score (nSPS) is 26.9. The third-order valence-corrected chi connectivity index (χ3v) is 3.27. The predicted octanol–water partition coefficient (Wildman–Crippen LogP) is -0.0426. The van der Waals surface area contributed by atoms with E-state index < -0.39 is 0 Å². The van der Waals surface area contributed by atoms with Gasteiger partial charge in [-0.2, -0.15) is 0 Å². The van der Waals surface area contributed by atoms with Gasteiger partial charge in [-0.05, 0) is 6.42 Å². The Hall–Kier alpha value is -0.710. The molecule has 0 aromatic carbocycles. The van der Waals surface area contributed by atoms with Crippen molar-refractivity contribution in [3.63, 3.8) is 0 Å². The van der Waals surface area contributed by atoms with Gasteiger partial charge in [0, 0.05) is 24.8 Å². The SMILES string of the molecule is O=C1CCC(CSC2=NCCN2)N1. The summed E-state index contributed by atoms with van der Waals surface area (Å²) >= 11 is 1.71. The summed E-state index contributed by atoms with van der Waals surface area (Å²) in [6, 6.07) is 0.350. The van der Waals surface area contributed by atoms with Crippen molar-refractivity contribution in [2.75, 3.05) is 18.8 Å². The molecule has 4 nitrogen and oxygen atoms in total. The fourth-order valence-electron chi connectivity index (χ4n) is 1.45. The number of carbonyl (C=O) groups excluding carboxylic acids is 1. The first-order chi connectivity index (χ1) is 6.34. The second-order valence-electron chi connectivity index (χ2n) is 3.23. The second-order valence-corrected chi connectivity index (χ2v) is 4.24. The Kier molecular flexibility index (Phi) is 2.73.